The molecule has 0 aliphatic heterocycles. The monoisotopic (exact) mass is 267 g/mol. The highest BCUT2D eigenvalue weighted by molar-refractivity contribution is 6.73. The van der Waals surface area contributed by atoms with Gasteiger partial charge in [0, 0.05) is 6.17 Å². The molecule has 0 saturated heterocycles. The van der Waals surface area contributed by atoms with Gasteiger partial charge in [-0.25, -0.2) is 0 Å². The lowest BCUT2D eigenvalue weighted by Crippen LogP contribution is -2.33. The van der Waals surface area contributed by atoms with E-state index >= 15 is 0 Å². The summed E-state index contributed by atoms with van der Waals surface area (Å²) in [5, 5.41) is 12.5. The van der Waals surface area contributed by atoms with Gasteiger partial charge in [-0.1, -0.05) is 12.1 Å². The summed E-state index contributed by atoms with van der Waals surface area (Å²) in [6, 6.07) is 7.37. The lowest BCUT2D eigenvalue weighted by molar-refractivity contribution is 0.475. The average molecular weight is 267 g/mol. The summed E-state index contributed by atoms with van der Waals surface area (Å²) in [4.78, 5) is 0. The Kier molecular flexibility index (Phi) is 5.90. The van der Waals surface area contributed by atoms with Crippen LogP contribution in [0, 0.1) is 0 Å². The summed E-state index contributed by atoms with van der Waals surface area (Å²) in [5.74, 6) is 0.326. The lowest BCUT2D eigenvalue weighted by Gasteiger charge is -2.16. The van der Waals surface area contributed by atoms with Gasteiger partial charge < -0.3 is 14.5 Å². The van der Waals surface area contributed by atoms with Crippen molar-refractivity contribution >= 4 is 18.1 Å². The molecule has 0 amide bonds. The molecule has 2 N–H and O–H groups in total. The van der Waals surface area contributed by atoms with Crippen LogP contribution in [-0.2, 0) is 10.5 Å². The van der Waals surface area contributed by atoms with Gasteiger partial charge >= 0.3 is 0 Å². The van der Waals surface area contributed by atoms with E-state index in [9.17, 15) is 0 Å². The first-order valence-electron chi connectivity index (χ1n) is 5.87. The van der Waals surface area contributed by atoms with Crippen molar-refractivity contribution in [1.82, 2.24) is 5.32 Å². The third-order valence-corrected chi connectivity index (χ3v) is 5.52. The summed E-state index contributed by atoms with van der Waals surface area (Å²) in [6.45, 7) is 7.57. The highest BCUT2D eigenvalue weighted by atomic mass is 28.4. The van der Waals surface area contributed by atoms with Crippen molar-refractivity contribution in [3.05, 3.63) is 29.8 Å². The van der Waals surface area contributed by atoms with Crippen molar-refractivity contribution in [2.45, 2.75) is 26.1 Å². The quantitative estimate of drug-likeness (QED) is 0.586. The van der Waals surface area contributed by atoms with Crippen LogP contribution in [0.2, 0.25) is 19.6 Å². The van der Waals surface area contributed by atoms with Gasteiger partial charge in [0.05, 0.1) is 0 Å². The Morgan fingerprint density at radius 2 is 1.88 bits per heavy atom. The number of hydrogen-bond acceptors (Lipinski definition) is 3. The highest BCUT2D eigenvalue weighted by Gasteiger charge is 2.13. The molecule has 0 aliphatic carbocycles. The standard InChI is InChI=1S/C12H21NO2Si2/c1-17(2,3)15-16-10-13-9-8-11-4-6-12(14)7-5-11/h4-7,13-14H,8-10H2,1-3H3. The molecule has 17 heavy (non-hydrogen) atoms. The SMILES string of the molecule is C[Si](C)(C)O[Si]CNCCc1ccc(O)cc1. The van der Waals surface area contributed by atoms with E-state index in [2.05, 4.69) is 25.0 Å². The van der Waals surface area contributed by atoms with E-state index < -0.39 is 8.32 Å². The average Bonchev–Trinajstić information content (AvgIpc) is 2.24. The van der Waals surface area contributed by atoms with Gasteiger partial charge in [-0.15, -0.1) is 0 Å². The first-order chi connectivity index (χ1) is 7.97. The fourth-order valence-corrected chi connectivity index (χ4v) is 3.59. The molecule has 94 valence electrons. The van der Waals surface area contributed by atoms with Crippen LogP contribution in [-0.4, -0.2) is 35.9 Å². The van der Waals surface area contributed by atoms with E-state index in [1.807, 2.05) is 12.1 Å². The van der Waals surface area contributed by atoms with Crippen molar-refractivity contribution in [2.75, 3.05) is 12.7 Å². The Balaban J connectivity index is 2.07. The number of hydrogen-bond donors (Lipinski definition) is 2. The molecule has 0 aliphatic rings. The molecule has 1 aromatic rings. The molecule has 3 nitrogen and oxygen atoms in total. The largest absolute Gasteiger partial charge is 0.508 e. The van der Waals surface area contributed by atoms with Gasteiger partial charge in [0.1, 0.15) is 5.75 Å². The number of phenols is 1. The first kappa shape index (κ1) is 14.4. The van der Waals surface area contributed by atoms with E-state index in [0.717, 1.165) is 19.1 Å². The van der Waals surface area contributed by atoms with Crippen LogP contribution >= 0.6 is 0 Å². The molecule has 1 aromatic carbocycles. The Morgan fingerprint density at radius 1 is 1.24 bits per heavy atom. The highest BCUT2D eigenvalue weighted by Crippen LogP contribution is 2.09. The summed E-state index contributed by atoms with van der Waals surface area (Å²) >= 11 is 0. The Labute approximate surface area is 107 Å². The smallest absolute Gasteiger partial charge is 0.231 e. The predicted octanol–water partition coefficient (Wildman–Crippen LogP) is 1.95. The fourth-order valence-electron chi connectivity index (χ4n) is 1.29. The molecule has 0 fully saturated rings. The minimum Gasteiger partial charge on any atom is -0.508 e. The zero-order valence-electron chi connectivity index (χ0n) is 10.8. The molecular formula is C12H21NO2Si2. The Morgan fingerprint density at radius 3 is 2.47 bits per heavy atom. The molecule has 1 rings (SSSR count). The van der Waals surface area contributed by atoms with Crippen LogP contribution in [0.3, 0.4) is 0 Å². The molecule has 2 radical (unpaired) electrons. The molecular weight excluding hydrogens is 246 g/mol. The molecule has 0 spiro atoms. The molecule has 0 unspecified atom stereocenters. The molecule has 0 atom stereocenters. The maximum atomic E-state index is 9.15. The predicted molar refractivity (Wildman–Crippen MR) is 74.9 cm³/mol. The second-order valence-corrected chi connectivity index (χ2v) is 10.6. The van der Waals surface area contributed by atoms with Gasteiger partial charge in [0.15, 0.2) is 8.32 Å². The van der Waals surface area contributed by atoms with Crippen molar-refractivity contribution < 1.29 is 9.22 Å². The maximum Gasteiger partial charge on any atom is 0.231 e. The topological polar surface area (TPSA) is 41.5 Å². The zero-order valence-corrected chi connectivity index (χ0v) is 12.8. The minimum atomic E-state index is -1.34. The summed E-state index contributed by atoms with van der Waals surface area (Å²) < 4.78 is 5.77. The Bertz CT molecular complexity index is 322. The van der Waals surface area contributed by atoms with Crippen LogP contribution in [0.25, 0.3) is 0 Å². The summed E-state index contributed by atoms with van der Waals surface area (Å²) in [5.41, 5.74) is 1.24. The van der Waals surface area contributed by atoms with Gasteiger partial charge in [0.2, 0.25) is 9.76 Å². The third kappa shape index (κ3) is 7.33. The molecule has 5 heteroatoms. The van der Waals surface area contributed by atoms with Crippen LogP contribution in [0.1, 0.15) is 5.56 Å². The number of aromatic hydroxyl groups is 1. The normalized spacial score (nSPS) is 11.7. The lowest BCUT2D eigenvalue weighted by atomic mass is 10.1. The van der Waals surface area contributed by atoms with Crippen LogP contribution in [0.15, 0.2) is 24.3 Å². The van der Waals surface area contributed by atoms with Gasteiger partial charge in [0.25, 0.3) is 0 Å². The van der Waals surface area contributed by atoms with Crippen molar-refractivity contribution in [1.29, 1.82) is 0 Å². The maximum absolute atomic E-state index is 9.15. The number of nitrogens with one attached hydrogen (secondary N) is 1. The molecule has 0 heterocycles. The molecule has 0 bridgehead atoms. The molecule has 0 saturated carbocycles. The summed E-state index contributed by atoms with van der Waals surface area (Å²) in [6.07, 6.45) is 1.92. The van der Waals surface area contributed by atoms with Gasteiger partial charge in [-0.3, -0.25) is 0 Å². The van der Waals surface area contributed by atoms with E-state index in [-0.39, 0.29) is 0 Å². The van der Waals surface area contributed by atoms with Gasteiger partial charge in [-0.05, 0) is 50.3 Å². The van der Waals surface area contributed by atoms with E-state index in [0.29, 0.717) is 15.5 Å². The van der Waals surface area contributed by atoms with Crippen molar-refractivity contribution in [3.8, 4) is 5.75 Å². The molecule has 0 aromatic heterocycles. The number of rotatable bonds is 7. The van der Waals surface area contributed by atoms with E-state index in [1.54, 1.807) is 12.1 Å². The third-order valence-electron chi connectivity index (χ3n) is 2.10. The fraction of sp³-hybridized carbons (Fsp3) is 0.500. The number of phenolic OH excluding ortho intramolecular Hbond substituents is 1. The number of benzene rings is 1. The summed E-state index contributed by atoms with van der Waals surface area (Å²) in [7, 11) is -0.783. The van der Waals surface area contributed by atoms with E-state index in [4.69, 9.17) is 9.22 Å². The van der Waals surface area contributed by atoms with Crippen molar-refractivity contribution in [3.63, 3.8) is 0 Å². The zero-order chi connectivity index (χ0) is 12.7. The minimum absolute atomic E-state index is 0.326. The van der Waals surface area contributed by atoms with Crippen LogP contribution in [0.5, 0.6) is 5.75 Å². The first-order valence-corrected chi connectivity index (χ1v) is 10.4. The van der Waals surface area contributed by atoms with E-state index in [1.165, 1.54) is 5.56 Å². The van der Waals surface area contributed by atoms with Crippen molar-refractivity contribution in [2.24, 2.45) is 0 Å². The second kappa shape index (κ2) is 6.95. The van der Waals surface area contributed by atoms with Gasteiger partial charge in [-0.2, -0.15) is 0 Å². The van der Waals surface area contributed by atoms with Crippen LogP contribution < -0.4 is 5.32 Å². The Hall–Kier alpha value is -0.626. The van der Waals surface area contributed by atoms with Crippen LogP contribution in [0.4, 0.5) is 0 Å². The second-order valence-electron chi connectivity index (χ2n) is 4.95.